The van der Waals surface area contributed by atoms with Crippen molar-refractivity contribution >= 4 is 19.3 Å². The maximum Gasteiger partial charge on any atom is 0.477 e. The van der Waals surface area contributed by atoms with Crippen molar-refractivity contribution < 1.29 is 42.6 Å². The molecule has 5 atom stereocenters. The minimum absolute atomic E-state index is 0.00965. The number of carbonyl (C=O) groups excluding carboxylic acids is 1. The van der Waals surface area contributed by atoms with Crippen LogP contribution in [0.1, 0.15) is 41.6 Å². The smallest absolute Gasteiger partial charge is 0.477 e. The van der Waals surface area contributed by atoms with E-state index in [2.05, 4.69) is 11.9 Å². The van der Waals surface area contributed by atoms with Crippen molar-refractivity contribution in [2.45, 2.75) is 50.0 Å². The summed E-state index contributed by atoms with van der Waals surface area (Å²) in [6.07, 6.45) is 2.30. The Hall–Kier alpha value is -2.56. The van der Waals surface area contributed by atoms with E-state index in [0.717, 1.165) is 37.9 Å². The average Bonchev–Trinajstić information content (AvgIpc) is 3.36. The van der Waals surface area contributed by atoms with E-state index in [0.29, 0.717) is 11.1 Å². The molecule has 6 rings (SSSR count). The number of nitrogens with zero attached hydrogens (tertiary/aromatic N) is 1. The standard InChI is InChI=1S/C22H25N2O9P/c1-11-5-3-2-4-6-24(11)9-31-34(28)32-19-14(25)7-13-12-8-15-20(30-10-29-15)18(26)16(12)22(27)23-17(13)21(19)33-34/h7-8,14,17,19,21,25-26H,1-6,9-10H2,(H,23,27)/t14-,17+,19+,21-,34?/m0/s1. The first-order valence-electron chi connectivity index (χ1n) is 11.3. The van der Waals surface area contributed by atoms with E-state index in [-0.39, 0.29) is 36.3 Å². The van der Waals surface area contributed by atoms with E-state index in [1.165, 1.54) is 6.08 Å². The molecular formula is C22H25N2O9P. The van der Waals surface area contributed by atoms with Crippen LogP contribution in [-0.4, -0.2) is 65.4 Å². The zero-order valence-electron chi connectivity index (χ0n) is 18.3. The summed E-state index contributed by atoms with van der Waals surface area (Å²) < 4.78 is 40.9. The first kappa shape index (κ1) is 21.9. The maximum atomic E-state index is 13.3. The molecule has 2 fully saturated rings. The molecule has 0 bridgehead atoms. The molecule has 1 unspecified atom stereocenters. The highest BCUT2D eigenvalue weighted by Gasteiger charge is 2.56. The van der Waals surface area contributed by atoms with E-state index in [9.17, 15) is 19.6 Å². The topological polar surface area (TPSA) is 136 Å². The van der Waals surface area contributed by atoms with Crippen molar-refractivity contribution in [3.05, 3.63) is 35.5 Å². The highest BCUT2D eigenvalue weighted by Crippen LogP contribution is 2.61. The lowest BCUT2D eigenvalue weighted by atomic mass is 9.79. The summed E-state index contributed by atoms with van der Waals surface area (Å²) in [6.45, 7) is 4.70. The quantitative estimate of drug-likeness (QED) is 0.539. The van der Waals surface area contributed by atoms with Gasteiger partial charge >= 0.3 is 7.82 Å². The van der Waals surface area contributed by atoms with Crippen LogP contribution in [0.3, 0.4) is 0 Å². The lowest BCUT2D eigenvalue weighted by Gasteiger charge is -2.38. The molecule has 11 nitrogen and oxygen atoms in total. The summed E-state index contributed by atoms with van der Waals surface area (Å²) in [5, 5.41) is 24.2. The Balaban J connectivity index is 1.27. The molecule has 3 N–H and O–H groups in total. The lowest BCUT2D eigenvalue weighted by molar-refractivity contribution is 0.0287. The molecule has 0 radical (unpaired) electrons. The van der Waals surface area contributed by atoms with Crippen molar-refractivity contribution in [3.8, 4) is 17.2 Å². The van der Waals surface area contributed by atoms with Crippen LogP contribution >= 0.6 is 7.82 Å². The number of aliphatic hydroxyl groups excluding tert-OH is 1. The van der Waals surface area contributed by atoms with Gasteiger partial charge in [-0.1, -0.05) is 13.0 Å². The van der Waals surface area contributed by atoms with E-state index in [1.807, 2.05) is 4.90 Å². The van der Waals surface area contributed by atoms with Gasteiger partial charge in [-0.2, -0.15) is 0 Å². The third-order valence-corrected chi connectivity index (χ3v) is 8.29. The number of aliphatic hydroxyl groups is 1. The second-order valence-electron chi connectivity index (χ2n) is 8.93. The number of fused-ring (bicyclic) bond motifs is 6. The second-order valence-corrected chi connectivity index (χ2v) is 10.5. The van der Waals surface area contributed by atoms with Crippen molar-refractivity contribution in [2.24, 2.45) is 0 Å². The van der Waals surface area contributed by atoms with E-state index < -0.39 is 38.1 Å². The van der Waals surface area contributed by atoms with Crippen LogP contribution in [0.2, 0.25) is 0 Å². The Morgan fingerprint density at radius 1 is 1.24 bits per heavy atom. The van der Waals surface area contributed by atoms with Crippen LogP contribution in [0.4, 0.5) is 0 Å². The first-order chi connectivity index (χ1) is 16.3. The third-order valence-electron chi connectivity index (χ3n) is 6.85. The molecule has 0 spiro atoms. The largest absolute Gasteiger partial charge is 0.504 e. The average molecular weight is 492 g/mol. The summed E-state index contributed by atoms with van der Waals surface area (Å²) in [5.41, 5.74) is 1.78. The highest BCUT2D eigenvalue weighted by atomic mass is 31.2. The SMILES string of the molecule is C=C1CCCCCN1COP1(=O)O[C@@H]2[C@H](O1)[C@@H](O)C=C1c3cc4c(c(O)c3C(=O)N[C@H]12)OCO4. The number of carbonyl (C=O) groups is 1. The molecule has 1 amide bonds. The van der Waals surface area contributed by atoms with E-state index in [4.69, 9.17) is 23.0 Å². The molecule has 4 aliphatic heterocycles. The Labute approximate surface area is 195 Å². The lowest BCUT2D eigenvalue weighted by Crippen LogP contribution is -2.55. The number of benzene rings is 1. The number of aromatic hydroxyl groups is 1. The van der Waals surface area contributed by atoms with Crippen LogP contribution in [0.5, 0.6) is 17.2 Å². The van der Waals surface area contributed by atoms with Crippen molar-refractivity contribution in [3.63, 3.8) is 0 Å². The summed E-state index contributed by atoms with van der Waals surface area (Å²) in [4.78, 5) is 14.8. The zero-order chi connectivity index (χ0) is 23.6. The summed E-state index contributed by atoms with van der Waals surface area (Å²) >= 11 is 0. The van der Waals surface area contributed by atoms with Crippen molar-refractivity contribution in [2.75, 3.05) is 20.1 Å². The van der Waals surface area contributed by atoms with Gasteiger partial charge in [-0.15, -0.1) is 0 Å². The monoisotopic (exact) mass is 492 g/mol. The molecular weight excluding hydrogens is 467 g/mol. The Morgan fingerprint density at radius 3 is 2.91 bits per heavy atom. The Bertz CT molecular complexity index is 1150. The number of rotatable bonds is 3. The van der Waals surface area contributed by atoms with Gasteiger partial charge in [0.25, 0.3) is 5.91 Å². The molecule has 0 saturated carbocycles. The molecule has 4 heterocycles. The number of ether oxygens (including phenoxy) is 2. The second kappa shape index (κ2) is 8.00. The van der Waals surface area contributed by atoms with E-state index in [1.54, 1.807) is 6.07 Å². The van der Waals surface area contributed by atoms with Gasteiger partial charge in [0.15, 0.2) is 11.5 Å². The van der Waals surface area contributed by atoms with Gasteiger partial charge < -0.3 is 29.9 Å². The summed E-state index contributed by atoms with van der Waals surface area (Å²) in [5.74, 6) is -0.517. The predicted molar refractivity (Wildman–Crippen MR) is 117 cm³/mol. The van der Waals surface area contributed by atoms with Gasteiger partial charge in [-0.25, -0.2) is 4.57 Å². The fourth-order valence-electron chi connectivity index (χ4n) is 5.10. The van der Waals surface area contributed by atoms with Crippen LogP contribution in [-0.2, 0) is 18.1 Å². The number of hydrogen-bond acceptors (Lipinski definition) is 10. The number of phenols is 1. The van der Waals surface area contributed by atoms with Gasteiger partial charge in [0, 0.05) is 17.8 Å². The van der Waals surface area contributed by atoms with Gasteiger partial charge in [-0.3, -0.25) is 18.4 Å². The number of phosphoric ester groups is 1. The molecule has 0 aromatic heterocycles. The molecule has 5 aliphatic rings. The van der Waals surface area contributed by atoms with Crippen LogP contribution in [0.25, 0.3) is 5.57 Å². The normalized spacial score (nSPS) is 34.0. The van der Waals surface area contributed by atoms with Crippen molar-refractivity contribution in [1.29, 1.82) is 0 Å². The van der Waals surface area contributed by atoms with Gasteiger partial charge in [0.1, 0.15) is 25.0 Å². The van der Waals surface area contributed by atoms with Crippen molar-refractivity contribution in [1.82, 2.24) is 10.2 Å². The number of phosphoric acid groups is 1. The number of allylic oxidation sites excluding steroid dienone is 1. The molecule has 1 aliphatic carbocycles. The maximum absolute atomic E-state index is 13.3. The molecule has 2 saturated heterocycles. The fourth-order valence-corrected chi connectivity index (χ4v) is 6.64. The number of amides is 1. The van der Waals surface area contributed by atoms with Gasteiger partial charge in [-0.05, 0) is 37.0 Å². The van der Waals surface area contributed by atoms with Crippen LogP contribution in [0.15, 0.2) is 24.4 Å². The Morgan fingerprint density at radius 2 is 2.06 bits per heavy atom. The summed E-state index contributed by atoms with van der Waals surface area (Å²) in [6, 6.07) is 0.805. The van der Waals surface area contributed by atoms with Gasteiger partial charge in [0.2, 0.25) is 12.5 Å². The number of phenolic OH excluding ortho intramolecular Hbond substituents is 1. The number of nitrogens with one attached hydrogen (secondary N) is 1. The molecule has 1 aromatic carbocycles. The highest BCUT2D eigenvalue weighted by molar-refractivity contribution is 7.48. The first-order valence-corrected chi connectivity index (χ1v) is 12.7. The molecule has 182 valence electrons. The minimum Gasteiger partial charge on any atom is -0.504 e. The number of likely N-dealkylation sites (tertiary alicyclic amines) is 1. The fraction of sp³-hybridized carbons (Fsp3) is 0.500. The minimum atomic E-state index is -4.03. The summed E-state index contributed by atoms with van der Waals surface area (Å²) in [7, 11) is -4.03. The van der Waals surface area contributed by atoms with Crippen LogP contribution in [0, 0.1) is 0 Å². The number of hydrogen-bond donors (Lipinski definition) is 3. The third kappa shape index (κ3) is 3.42. The zero-order valence-corrected chi connectivity index (χ0v) is 19.2. The van der Waals surface area contributed by atoms with E-state index >= 15 is 0 Å². The van der Waals surface area contributed by atoms with Crippen LogP contribution < -0.4 is 14.8 Å². The molecule has 1 aromatic rings. The molecule has 12 heteroatoms. The molecule has 34 heavy (non-hydrogen) atoms. The predicted octanol–water partition coefficient (Wildman–Crippen LogP) is 2.25. The Kier molecular flexibility index (Phi) is 5.16. The van der Waals surface area contributed by atoms with Gasteiger partial charge in [0.05, 0.1) is 11.6 Å².